The molecule has 11 amide bonds. The number of nitrogens with one attached hydrogen (secondary N) is 12. The van der Waals surface area contributed by atoms with Gasteiger partial charge in [0, 0.05) is 43.2 Å². The summed E-state index contributed by atoms with van der Waals surface area (Å²) in [4.78, 5) is 191. The number of nitrogens with zero attached hydrogens (tertiary/aromatic N) is 3. The second-order valence-corrected chi connectivity index (χ2v) is 26.2. The average molecular weight is 1450 g/mol. The van der Waals surface area contributed by atoms with Gasteiger partial charge in [-0.3, -0.25) is 72.5 Å². The Morgan fingerprint density at radius 2 is 0.864 bits per heavy atom. The van der Waals surface area contributed by atoms with Gasteiger partial charge in [0.2, 0.25) is 65.0 Å². The van der Waals surface area contributed by atoms with Crippen LogP contribution in [-0.4, -0.2) is 209 Å². The fraction of sp³-hybridized carbons (Fsp3) is 0.631. The molecule has 1 heterocycles. The summed E-state index contributed by atoms with van der Waals surface area (Å²) in [5.74, 6) is -14.0. The first-order valence-electron chi connectivity index (χ1n) is 34.4. The molecule has 0 fully saturated rings. The number of fused-ring (bicyclic) bond motifs is 1. The molecule has 1 aromatic carbocycles. The number of aliphatic carboxylic acids is 2. The van der Waals surface area contributed by atoms with Crippen LogP contribution in [0.15, 0.2) is 45.4 Å². The van der Waals surface area contributed by atoms with Crippen LogP contribution in [-0.2, 0) is 68.7 Å². The van der Waals surface area contributed by atoms with Gasteiger partial charge in [-0.05, 0) is 133 Å². The molecule has 0 radical (unpaired) electrons. The Morgan fingerprint density at radius 3 is 1.30 bits per heavy atom. The summed E-state index contributed by atoms with van der Waals surface area (Å²) < 4.78 is 0. The normalized spacial score (nSPS) is 14.3. The number of nitrogens with two attached hydrogens (primary N) is 8. The van der Waals surface area contributed by atoms with Crippen LogP contribution in [0.25, 0.3) is 10.9 Å². The maximum Gasteiger partial charge on any atom is 0.326 e. The van der Waals surface area contributed by atoms with E-state index in [1.807, 2.05) is 24.3 Å². The van der Waals surface area contributed by atoms with Crippen molar-refractivity contribution in [1.82, 2.24) is 63.5 Å². The second-order valence-electron chi connectivity index (χ2n) is 26.2. The van der Waals surface area contributed by atoms with Crippen LogP contribution >= 0.6 is 0 Å². The summed E-state index contributed by atoms with van der Waals surface area (Å²) >= 11 is 0. The van der Waals surface area contributed by atoms with Crippen LogP contribution in [0.4, 0.5) is 0 Å². The minimum absolute atomic E-state index is 0.00416. The number of hydrogen-bond acceptors (Lipinski definition) is 18. The predicted molar refractivity (Wildman–Crippen MR) is 385 cm³/mol. The van der Waals surface area contributed by atoms with E-state index in [9.17, 15) is 72.5 Å². The van der Waals surface area contributed by atoms with Crippen molar-refractivity contribution in [2.45, 2.75) is 212 Å². The fourth-order valence-corrected chi connectivity index (χ4v) is 10.4. The Balaban J connectivity index is 2.38. The SMILES string of the molecule is CC(C)C[C@H](NC(=O)[C@H](CCCN=C(N)N)NC(=O)[C@H](CCCCN)NC(=O)[C@H](C)NC(=O)CNC(=O)[C@H](C)NC(=O)[C@@H](N)Cc1c[nH]c2ccccc12)C(=O)N[C@H](C(=O)N[C@@H](CC(C)C)C(=O)N[C@@H](CCCN=C(N)N)C(=O)N[C@@H](CCCN=C(N)N)C(=O)N[C@@H](CCC(=O)O)C(=O)O)C(C)C. The van der Waals surface area contributed by atoms with E-state index < -0.39 is 169 Å². The highest BCUT2D eigenvalue weighted by Crippen LogP contribution is 2.20. The third-order valence-corrected chi connectivity index (χ3v) is 15.9. The lowest BCUT2D eigenvalue weighted by Crippen LogP contribution is -2.61. The van der Waals surface area contributed by atoms with E-state index in [1.165, 1.54) is 13.8 Å². The zero-order chi connectivity index (χ0) is 77.6. The summed E-state index contributed by atoms with van der Waals surface area (Å²) in [6.07, 6.45) is 1.38. The molecule has 30 N–H and O–H groups in total. The highest BCUT2D eigenvalue weighted by atomic mass is 16.4. The molecule has 0 aliphatic carbocycles. The summed E-state index contributed by atoms with van der Waals surface area (Å²) in [5, 5.41) is 48.2. The van der Waals surface area contributed by atoms with Crippen LogP contribution in [0.3, 0.4) is 0 Å². The van der Waals surface area contributed by atoms with E-state index >= 15 is 0 Å². The molecular weight excluding hydrogens is 1340 g/mol. The van der Waals surface area contributed by atoms with E-state index in [1.54, 1.807) is 47.7 Å². The zero-order valence-corrected chi connectivity index (χ0v) is 60.1. The lowest BCUT2D eigenvalue weighted by atomic mass is 9.98. The Kier molecular flexibility index (Phi) is 39.8. The van der Waals surface area contributed by atoms with Gasteiger partial charge in [0.1, 0.15) is 60.4 Å². The van der Waals surface area contributed by atoms with Crippen LogP contribution < -0.4 is 104 Å². The Morgan fingerprint density at radius 1 is 0.456 bits per heavy atom. The Bertz CT molecular complexity index is 3260. The number of aromatic nitrogens is 1. The number of rotatable bonds is 49. The standard InChI is InChI=1S/C65H111N23O15/c1-33(2)28-47(59(99)84-43(19-13-25-74-63(68)69)56(96)82-44(20-14-26-75-64(70)71)57(97)85-46(62(102)103)22-23-50(90)91)87-61(101)51(35(5)6)88-60(100)48(29-34(3)4)86-58(98)45(21-15-27-76-65(72)73)83-55(95)42(18-11-12-24-66)81-53(93)37(8)79-49(89)32-78-52(92)36(7)80-54(94)40(67)30-38-31-77-41-17-10-9-16-39(38)41/h9-10,16-17,31,33-37,40,42-48,51,77H,11-15,18-30,32,66-67H2,1-8H3,(H,78,92)(H,79,89)(H,80,94)(H,81,93)(H,82,96)(H,83,95)(H,84,99)(H,85,97)(H,86,98)(H,87,101)(H,88,100)(H,90,91)(H,102,103)(H4,68,69,74)(H4,70,71,75)(H4,72,73,76)/t36-,37-,40-,42-,43-,44-,45-,46-,47-,48-,51-/m0/s1. The monoisotopic (exact) mass is 1450 g/mol. The quantitative estimate of drug-likeness (QED) is 0.0168. The number of carboxylic acids is 2. The number of H-pyrrole nitrogens is 1. The molecule has 1 aromatic heterocycles. The van der Waals surface area contributed by atoms with Gasteiger partial charge >= 0.3 is 11.9 Å². The highest BCUT2D eigenvalue weighted by molar-refractivity contribution is 5.99. The van der Waals surface area contributed by atoms with Gasteiger partial charge in [0.15, 0.2) is 17.9 Å². The van der Waals surface area contributed by atoms with E-state index in [2.05, 4.69) is 78.4 Å². The molecule has 38 nitrogen and oxygen atoms in total. The fourth-order valence-electron chi connectivity index (χ4n) is 10.4. The van der Waals surface area contributed by atoms with Crippen molar-refractivity contribution in [1.29, 1.82) is 0 Å². The molecule has 2 rings (SSSR count). The number of unbranched alkanes of at least 4 members (excludes halogenated alkanes) is 1. The average Bonchev–Trinajstić information content (AvgIpc) is 1.73. The lowest BCUT2D eigenvalue weighted by molar-refractivity contribution is -0.143. The molecule has 0 aliphatic rings. The molecule has 0 unspecified atom stereocenters. The van der Waals surface area contributed by atoms with E-state index in [-0.39, 0.29) is 120 Å². The molecular formula is C65H111N23O15. The molecule has 103 heavy (non-hydrogen) atoms. The first-order chi connectivity index (χ1) is 48.4. The van der Waals surface area contributed by atoms with Crippen molar-refractivity contribution in [3.8, 4) is 0 Å². The van der Waals surface area contributed by atoms with E-state index in [0.29, 0.717) is 12.8 Å². The molecule has 0 aliphatic heterocycles. The molecule has 11 atom stereocenters. The molecule has 576 valence electrons. The van der Waals surface area contributed by atoms with Crippen molar-refractivity contribution in [3.63, 3.8) is 0 Å². The molecule has 0 saturated carbocycles. The second kappa shape index (κ2) is 46.2. The molecule has 2 aromatic rings. The van der Waals surface area contributed by atoms with Crippen molar-refractivity contribution >= 4 is 106 Å². The van der Waals surface area contributed by atoms with Crippen molar-refractivity contribution in [2.75, 3.05) is 32.7 Å². The third kappa shape index (κ3) is 34.7. The number of aliphatic imine (C=N–C) groups is 3. The van der Waals surface area contributed by atoms with Gasteiger partial charge in [-0.15, -0.1) is 0 Å². The van der Waals surface area contributed by atoms with Gasteiger partial charge in [-0.2, -0.15) is 0 Å². The van der Waals surface area contributed by atoms with Gasteiger partial charge in [-0.1, -0.05) is 59.7 Å². The summed E-state index contributed by atoms with van der Waals surface area (Å²) in [7, 11) is 0. The van der Waals surface area contributed by atoms with Gasteiger partial charge < -0.3 is 120 Å². The number of aromatic amines is 1. The van der Waals surface area contributed by atoms with Crippen LogP contribution in [0.2, 0.25) is 0 Å². The largest absolute Gasteiger partial charge is 0.481 e. The first-order valence-corrected chi connectivity index (χ1v) is 34.4. The number of hydrogen-bond donors (Lipinski definition) is 22. The maximum atomic E-state index is 14.5. The zero-order valence-electron chi connectivity index (χ0n) is 60.1. The number of carboxylic acid groups (broad SMARTS) is 2. The van der Waals surface area contributed by atoms with Crippen molar-refractivity contribution in [2.24, 2.45) is 78.6 Å². The van der Waals surface area contributed by atoms with Gasteiger partial charge in [0.25, 0.3) is 0 Å². The summed E-state index contributed by atoms with van der Waals surface area (Å²) in [6.45, 7) is 12.6. The number of guanidine groups is 3. The van der Waals surface area contributed by atoms with Crippen LogP contribution in [0.5, 0.6) is 0 Å². The van der Waals surface area contributed by atoms with Crippen molar-refractivity contribution < 1.29 is 72.5 Å². The smallest absolute Gasteiger partial charge is 0.326 e. The first kappa shape index (κ1) is 88.7. The van der Waals surface area contributed by atoms with Crippen molar-refractivity contribution in [3.05, 3.63) is 36.0 Å². The number of carbonyl (C=O) groups is 13. The number of para-hydroxylation sites is 1. The number of amides is 11. The predicted octanol–water partition coefficient (Wildman–Crippen LogP) is -4.97. The molecule has 0 saturated heterocycles. The molecule has 0 bridgehead atoms. The van der Waals surface area contributed by atoms with E-state index in [4.69, 9.17) is 45.9 Å². The van der Waals surface area contributed by atoms with E-state index in [0.717, 1.165) is 16.5 Å². The number of carbonyl (C=O) groups excluding carboxylic acids is 11. The topological polar surface area (TPSA) is 656 Å². The van der Waals surface area contributed by atoms with Crippen LogP contribution in [0.1, 0.15) is 144 Å². The third-order valence-electron chi connectivity index (χ3n) is 15.9. The van der Waals surface area contributed by atoms with Gasteiger partial charge in [0.05, 0.1) is 12.6 Å². The van der Waals surface area contributed by atoms with Crippen LogP contribution in [0, 0.1) is 17.8 Å². The summed E-state index contributed by atoms with van der Waals surface area (Å²) in [6, 6.07) is -7.37. The summed E-state index contributed by atoms with van der Waals surface area (Å²) in [5.41, 5.74) is 46.8. The lowest BCUT2D eigenvalue weighted by Gasteiger charge is -2.30. The molecule has 0 spiro atoms. The highest BCUT2D eigenvalue weighted by Gasteiger charge is 2.37. The molecule has 38 heteroatoms. The minimum Gasteiger partial charge on any atom is -0.481 e. The Labute approximate surface area is 598 Å². The number of benzene rings is 1. The minimum atomic E-state index is -1.67. The van der Waals surface area contributed by atoms with Gasteiger partial charge in [-0.25, -0.2) is 4.79 Å². The Hall–Kier alpha value is -10.4. The maximum absolute atomic E-state index is 14.5.